The summed E-state index contributed by atoms with van der Waals surface area (Å²) >= 11 is 0. The van der Waals surface area contributed by atoms with Gasteiger partial charge < -0.3 is 15.0 Å². The van der Waals surface area contributed by atoms with Gasteiger partial charge in [-0.3, -0.25) is 9.69 Å². The van der Waals surface area contributed by atoms with Crippen LogP contribution in [0.2, 0.25) is 0 Å². The van der Waals surface area contributed by atoms with E-state index in [2.05, 4.69) is 16.3 Å². The molecular formula is C17H26Cl2FN3O2. The largest absolute Gasteiger partial charge is 0.496 e. The van der Waals surface area contributed by atoms with Crippen LogP contribution in [0.4, 0.5) is 4.39 Å². The monoisotopic (exact) mass is 393 g/mol. The van der Waals surface area contributed by atoms with Crippen molar-refractivity contribution in [3.63, 3.8) is 0 Å². The molecule has 2 aliphatic heterocycles. The summed E-state index contributed by atoms with van der Waals surface area (Å²) < 4.78 is 18.6. The first-order valence-corrected chi connectivity index (χ1v) is 8.18. The summed E-state index contributed by atoms with van der Waals surface area (Å²) in [6.45, 7) is 4.17. The molecule has 0 spiro atoms. The third-order valence-electron chi connectivity index (χ3n) is 4.65. The predicted molar refractivity (Wildman–Crippen MR) is 101 cm³/mol. The van der Waals surface area contributed by atoms with E-state index >= 15 is 0 Å². The number of hydrogen-bond donors (Lipinski definition) is 1. The van der Waals surface area contributed by atoms with E-state index in [0.717, 1.165) is 30.9 Å². The van der Waals surface area contributed by atoms with Gasteiger partial charge in [-0.1, -0.05) is 18.2 Å². The minimum absolute atomic E-state index is 0. The molecule has 1 aromatic carbocycles. The van der Waals surface area contributed by atoms with Crippen molar-refractivity contribution in [1.29, 1.82) is 0 Å². The highest BCUT2D eigenvalue weighted by Gasteiger charge is 2.33. The Bertz CT molecular complexity index is 556. The second-order valence-electron chi connectivity index (χ2n) is 6.21. The van der Waals surface area contributed by atoms with E-state index in [9.17, 15) is 9.18 Å². The predicted octanol–water partition coefficient (Wildman–Crippen LogP) is 1.88. The molecular weight excluding hydrogens is 368 g/mol. The maximum absolute atomic E-state index is 13.2. The van der Waals surface area contributed by atoms with E-state index < -0.39 is 6.17 Å². The van der Waals surface area contributed by atoms with Gasteiger partial charge in [0.1, 0.15) is 11.9 Å². The van der Waals surface area contributed by atoms with Gasteiger partial charge in [0.2, 0.25) is 5.91 Å². The fraction of sp³-hybridized carbons (Fsp3) is 0.588. The molecule has 142 valence electrons. The van der Waals surface area contributed by atoms with Gasteiger partial charge in [-0.05, 0) is 6.07 Å². The van der Waals surface area contributed by atoms with Crippen LogP contribution in [0.1, 0.15) is 12.0 Å². The Kier molecular flexibility index (Phi) is 8.93. The minimum Gasteiger partial charge on any atom is -0.496 e. The van der Waals surface area contributed by atoms with Crippen molar-refractivity contribution < 1.29 is 13.9 Å². The minimum atomic E-state index is -0.893. The van der Waals surface area contributed by atoms with Crippen LogP contribution >= 0.6 is 24.8 Å². The van der Waals surface area contributed by atoms with Crippen molar-refractivity contribution in [2.45, 2.75) is 25.2 Å². The topological polar surface area (TPSA) is 44.8 Å². The van der Waals surface area contributed by atoms with Crippen LogP contribution in [0.15, 0.2) is 24.3 Å². The molecule has 0 saturated carbocycles. The molecule has 8 heteroatoms. The Morgan fingerprint density at radius 1 is 1.24 bits per heavy atom. The summed E-state index contributed by atoms with van der Waals surface area (Å²) in [5, 5.41) is 2.97. The Morgan fingerprint density at radius 3 is 2.52 bits per heavy atom. The maximum Gasteiger partial charge on any atom is 0.239 e. The van der Waals surface area contributed by atoms with Gasteiger partial charge >= 0.3 is 0 Å². The molecule has 0 unspecified atom stereocenters. The lowest BCUT2D eigenvalue weighted by Gasteiger charge is -2.36. The summed E-state index contributed by atoms with van der Waals surface area (Å²) in [6.07, 6.45) is -0.587. The van der Waals surface area contributed by atoms with E-state index in [-0.39, 0.29) is 36.8 Å². The van der Waals surface area contributed by atoms with E-state index in [1.165, 1.54) is 0 Å². The molecule has 0 aliphatic carbocycles. The average Bonchev–Trinajstić information content (AvgIpc) is 3.02. The number of hydrogen-bond acceptors (Lipinski definition) is 4. The van der Waals surface area contributed by atoms with Crippen LogP contribution in [0.3, 0.4) is 0 Å². The number of carbonyl (C=O) groups is 1. The molecule has 2 saturated heterocycles. The van der Waals surface area contributed by atoms with Gasteiger partial charge in [0, 0.05) is 51.3 Å². The molecule has 2 atom stereocenters. The number of ether oxygens (including phenoxy) is 1. The lowest BCUT2D eigenvalue weighted by molar-refractivity contribution is -0.135. The molecule has 5 nitrogen and oxygen atoms in total. The Labute approximate surface area is 160 Å². The fourth-order valence-corrected chi connectivity index (χ4v) is 3.30. The first kappa shape index (κ1) is 22.0. The number of carbonyl (C=O) groups excluding carboxylic acids is 1. The zero-order valence-corrected chi connectivity index (χ0v) is 16.0. The van der Waals surface area contributed by atoms with Gasteiger partial charge in [0.05, 0.1) is 13.2 Å². The molecule has 2 aliphatic rings. The van der Waals surface area contributed by atoms with Gasteiger partial charge in [0.15, 0.2) is 0 Å². The maximum atomic E-state index is 13.2. The molecule has 25 heavy (non-hydrogen) atoms. The number of rotatable bonds is 4. The number of amides is 1. The molecule has 1 N–H and O–H groups in total. The van der Waals surface area contributed by atoms with Crippen LogP contribution in [0.25, 0.3) is 0 Å². The molecule has 2 fully saturated rings. The van der Waals surface area contributed by atoms with Crippen LogP contribution in [0.5, 0.6) is 5.75 Å². The highest BCUT2D eigenvalue weighted by molar-refractivity contribution is 5.85. The highest BCUT2D eigenvalue weighted by atomic mass is 35.5. The summed E-state index contributed by atoms with van der Waals surface area (Å²) in [6, 6.07) is 7.67. The van der Waals surface area contributed by atoms with Crippen LogP contribution in [0, 0.1) is 0 Å². The molecule has 0 radical (unpaired) electrons. The van der Waals surface area contributed by atoms with Gasteiger partial charge in [-0.2, -0.15) is 0 Å². The van der Waals surface area contributed by atoms with E-state index in [1.807, 2.05) is 23.1 Å². The van der Waals surface area contributed by atoms with Crippen molar-refractivity contribution in [2.24, 2.45) is 0 Å². The smallest absolute Gasteiger partial charge is 0.239 e. The van der Waals surface area contributed by atoms with Gasteiger partial charge in [-0.15, -0.1) is 24.8 Å². The lowest BCUT2D eigenvalue weighted by Crippen LogP contribution is -2.52. The zero-order chi connectivity index (χ0) is 16.2. The third-order valence-corrected chi connectivity index (χ3v) is 4.65. The normalized spacial score (nSPS) is 23.5. The molecule has 1 amide bonds. The van der Waals surface area contributed by atoms with E-state index in [1.54, 1.807) is 7.11 Å². The molecule has 0 bridgehead atoms. The number of nitrogens with zero attached hydrogens (tertiary/aromatic N) is 2. The van der Waals surface area contributed by atoms with Crippen molar-refractivity contribution in [3.8, 4) is 5.75 Å². The number of piperazine rings is 1. The number of alkyl halides is 1. The highest BCUT2D eigenvalue weighted by Crippen LogP contribution is 2.20. The average molecular weight is 394 g/mol. The standard InChI is InChI=1S/C17H24FN3O2.2ClH/c1-23-16-5-3-2-4-13(16)12-20-6-8-21(9-7-20)17(22)15-10-14(18)11-19-15;;/h2-5,14-15,19H,6-12H2,1H3;2*1H/t14-,15+;;/m0../s1. The SMILES string of the molecule is COc1ccccc1CN1CCN(C(=O)[C@H]2C[C@H](F)CN2)CC1.Cl.Cl. The number of halogens is 3. The van der Waals surface area contributed by atoms with Gasteiger partial charge in [-0.25, -0.2) is 4.39 Å². The number of nitrogens with one attached hydrogen (secondary N) is 1. The van der Waals surface area contributed by atoms with E-state index in [4.69, 9.17) is 4.74 Å². The Morgan fingerprint density at radius 2 is 1.92 bits per heavy atom. The van der Waals surface area contributed by atoms with Crippen molar-refractivity contribution in [3.05, 3.63) is 29.8 Å². The number of benzene rings is 1. The summed E-state index contributed by atoms with van der Waals surface area (Å²) in [5.41, 5.74) is 1.16. The second kappa shape index (κ2) is 10.2. The first-order chi connectivity index (χ1) is 11.2. The van der Waals surface area contributed by atoms with Crippen LogP contribution in [-0.2, 0) is 11.3 Å². The Balaban J connectivity index is 0.00000156. The Hall–Kier alpha value is -1.08. The summed E-state index contributed by atoms with van der Waals surface area (Å²) in [4.78, 5) is 16.5. The number of methoxy groups -OCH3 is 1. The second-order valence-corrected chi connectivity index (χ2v) is 6.21. The fourth-order valence-electron chi connectivity index (χ4n) is 3.30. The quantitative estimate of drug-likeness (QED) is 0.847. The number of para-hydroxylation sites is 1. The molecule has 0 aromatic heterocycles. The molecule has 3 rings (SSSR count). The zero-order valence-electron chi connectivity index (χ0n) is 14.3. The van der Waals surface area contributed by atoms with Crippen LogP contribution in [-0.4, -0.2) is 67.8 Å². The molecule has 1 aromatic rings. The van der Waals surface area contributed by atoms with Crippen molar-refractivity contribution in [1.82, 2.24) is 15.1 Å². The van der Waals surface area contributed by atoms with Crippen LogP contribution < -0.4 is 10.1 Å². The first-order valence-electron chi connectivity index (χ1n) is 8.18. The van der Waals surface area contributed by atoms with E-state index in [0.29, 0.717) is 26.1 Å². The molecule has 2 heterocycles. The summed E-state index contributed by atoms with van der Waals surface area (Å²) in [5.74, 6) is 0.942. The lowest BCUT2D eigenvalue weighted by atomic mass is 10.1. The summed E-state index contributed by atoms with van der Waals surface area (Å²) in [7, 11) is 1.68. The third kappa shape index (κ3) is 5.45. The van der Waals surface area contributed by atoms with Crippen molar-refractivity contribution in [2.75, 3.05) is 39.8 Å². The van der Waals surface area contributed by atoms with Gasteiger partial charge in [0.25, 0.3) is 0 Å². The van der Waals surface area contributed by atoms with Crippen molar-refractivity contribution >= 4 is 30.7 Å².